The van der Waals surface area contributed by atoms with Crippen molar-refractivity contribution in [3.8, 4) is 0 Å². The Kier molecular flexibility index (Phi) is 3.79. The van der Waals surface area contributed by atoms with Gasteiger partial charge in [-0.3, -0.25) is 4.79 Å². The summed E-state index contributed by atoms with van der Waals surface area (Å²) in [6, 6.07) is 4.25. The predicted molar refractivity (Wildman–Crippen MR) is 67.2 cm³/mol. The second-order valence-corrected chi connectivity index (χ2v) is 5.21. The molecular weight excluding hydrogens is 287 g/mol. The second-order valence-electron chi connectivity index (χ2n) is 4.30. The van der Waals surface area contributed by atoms with E-state index in [1.54, 1.807) is 6.07 Å². The highest BCUT2D eigenvalue weighted by Gasteiger charge is 2.26. The summed E-state index contributed by atoms with van der Waals surface area (Å²) < 4.78 is 14.2. The Balaban J connectivity index is 2.11. The van der Waals surface area contributed by atoms with Gasteiger partial charge in [-0.1, -0.05) is 15.9 Å². The summed E-state index contributed by atoms with van der Waals surface area (Å²) in [4.78, 5) is 11.9. The van der Waals surface area contributed by atoms with E-state index in [4.69, 9.17) is 5.73 Å². The Bertz CT molecular complexity index is 439. The number of halogens is 2. The molecule has 1 aliphatic rings. The lowest BCUT2D eigenvalue weighted by atomic mass is 10.1. The van der Waals surface area contributed by atoms with Gasteiger partial charge in [-0.05, 0) is 37.5 Å². The lowest BCUT2D eigenvalue weighted by Crippen LogP contribution is -2.44. The first-order valence-electron chi connectivity index (χ1n) is 5.59. The van der Waals surface area contributed by atoms with Gasteiger partial charge in [0.25, 0.3) is 5.91 Å². The van der Waals surface area contributed by atoms with Crippen molar-refractivity contribution in [1.82, 2.24) is 5.32 Å². The van der Waals surface area contributed by atoms with Crippen LogP contribution in [0.2, 0.25) is 0 Å². The average molecular weight is 301 g/mol. The van der Waals surface area contributed by atoms with Gasteiger partial charge < -0.3 is 11.1 Å². The number of hydrogen-bond donors (Lipinski definition) is 2. The van der Waals surface area contributed by atoms with Crippen LogP contribution < -0.4 is 11.1 Å². The highest BCUT2D eigenvalue weighted by Crippen LogP contribution is 2.19. The average Bonchev–Trinajstić information content (AvgIpc) is 2.68. The number of nitrogens with two attached hydrogens (primary N) is 1. The van der Waals surface area contributed by atoms with Crippen LogP contribution >= 0.6 is 15.9 Å². The summed E-state index contributed by atoms with van der Waals surface area (Å²) in [5.74, 6) is -0.914. The van der Waals surface area contributed by atoms with Crippen molar-refractivity contribution in [2.45, 2.75) is 31.3 Å². The molecule has 0 bridgehead atoms. The number of benzene rings is 1. The highest BCUT2D eigenvalue weighted by molar-refractivity contribution is 9.10. The first-order valence-corrected chi connectivity index (χ1v) is 6.38. The third kappa shape index (κ3) is 2.84. The molecule has 3 N–H and O–H groups in total. The van der Waals surface area contributed by atoms with Crippen LogP contribution in [0.25, 0.3) is 0 Å². The zero-order chi connectivity index (χ0) is 12.4. The summed E-state index contributed by atoms with van der Waals surface area (Å²) in [5.41, 5.74) is 5.91. The van der Waals surface area contributed by atoms with Crippen LogP contribution in [0.15, 0.2) is 22.7 Å². The fourth-order valence-electron chi connectivity index (χ4n) is 2.09. The maximum absolute atomic E-state index is 13.5. The molecule has 2 rings (SSSR count). The van der Waals surface area contributed by atoms with E-state index in [9.17, 15) is 9.18 Å². The van der Waals surface area contributed by atoms with E-state index in [2.05, 4.69) is 21.2 Å². The molecule has 1 aromatic rings. The first-order chi connectivity index (χ1) is 8.08. The number of rotatable bonds is 2. The number of carbonyl (C=O) groups is 1. The summed E-state index contributed by atoms with van der Waals surface area (Å²) in [6.45, 7) is 0. The van der Waals surface area contributed by atoms with Crippen molar-refractivity contribution in [3.05, 3.63) is 34.1 Å². The van der Waals surface area contributed by atoms with Crippen LogP contribution in [-0.4, -0.2) is 18.0 Å². The van der Waals surface area contributed by atoms with E-state index >= 15 is 0 Å². The van der Waals surface area contributed by atoms with Gasteiger partial charge in [-0.2, -0.15) is 0 Å². The van der Waals surface area contributed by atoms with Crippen molar-refractivity contribution < 1.29 is 9.18 Å². The molecule has 0 heterocycles. The van der Waals surface area contributed by atoms with E-state index in [1.165, 1.54) is 12.1 Å². The smallest absolute Gasteiger partial charge is 0.254 e. The van der Waals surface area contributed by atoms with Crippen LogP contribution in [0.4, 0.5) is 4.39 Å². The fourth-order valence-corrected chi connectivity index (χ4v) is 2.45. The Hall–Kier alpha value is -0.940. The lowest BCUT2D eigenvalue weighted by molar-refractivity contribution is 0.0930. The topological polar surface area (TPSA) is 55.1 Å². The minimum absolute atomic E-state index is 0.0193. The fraction of sp³-hybridized carbons (Fsp3) is 0.417. The minimum Gasteiger partial charge on any atom is -0.348 e. The van der Waals surface area contributed by atoms with Gasteiger partial charge in [0.05, 0.1) is 5.56 Å². The quantitative estimate of drug-likeness (QED) is 0.880. The molecule has 92 valence electrons. The maximum atomic E-state index is 13.5. The number of nitrogens with one attached hydrogen (secondary N) is 1. The van der Waals surface area contributed by atoms with Gasteiger partial charge >= 0.3 is 0 Å². The molecule has 2 unspecified atom stereocenters. The van der Waals surface area contributed by atoms with Gasteiger partial charge in [0.2, 0.25) is 0 Å². The van der Waals surface area contributed by atoms with E-state index < -0.39 is 11.7 Å². The molecule has 3 nitrogen and oxygen atoms in total. The van der Waals surface area contributed by atoms with E-state index in [0.717, 1.165) is 19.3 Å². The van der Waals surface area contributed by atoms with Crippen molar-refractivity contribution in [2.24, 2.45) is 5.73 Å². The van der Waals surface area contributed by atoms with Crippen molar-refractivity contribution in [3.63, 3.8) is 0 Å². The number of hydrogen-bond acceptors (Lipinski definition) is 2. The monoisotopic (exact) mass is 300 g/mol. The standard InChI is InChI=1S/C12H14BrFN2O/c13-7-4-5-9(14)8(6-7)12(17)16-11-3-1-2-10(11)15/h4-6,10-11H,1-3,15H2,(H,16,17). The van der Waals surface area contributed by atoms with Crippen LogP contribution in [0, 0.1) is 5.82 Å². The van der Waals surface area contributed by atoms with Crippen molar-refractivity contribution in [1.29, 1.82) is 0 Å². The molecule has 1 aliphatic carbocycles. The van der Waals surface area contributed by atoms with E-state index in [-0.39, 0.29) is 17.6 Å². The molecule has 5 heteroatoms. The Labute approximate surface area is 108 Å². The molecular formula is C12H14BrFN2O. The van der Waals surface area contributed by atoms with Gasteiger partial charge in [0.15, 0.2) is 0 Å². The largest absolute Gasteiger partial charge is 0.348 e. The Morgan fingerprint density at radius 3 is 2.88 bits per heavy atom. The molecule has 17 heavy (non-hydrogen) atoms. The van der Waals surface area contributed by atoms with Gasteiger partial charge in [-0.25, -0.2) is 4.39 Å². The summed E-state index contributed by atoms with van der Waals surface area (Å²) in [6.07, 6.45) is 2.78. The molecule has 2 atom stereocenters. The molecule has 0 aromatic heterocycles. The minimum atomic E-state index is -0.516. The zero-order valence-corrected chi connectivity index (χ0v) is 10.8. The molecule has 0 spiro atoms. The zero-order valence-electron chi connectivity index (χ0n) is 9.25. The lowest BCUT2D eigenvalue weighted by Gasteiger charge is -2.17. The second kappa shape index (κ2) is 5.14. The molecule has 1 amide bonds. The molecule has 0 aliphatic heterocycles. The maximum Gasteiger partial charge on any atom is 0.254 e. The normalized spacial score (nSPS) is 23.7. The Morgan fingerprint density at radius 2 is 2.24 bits per heavy atom. The van der Waals surface area contributed by atoms with Gasteiger partial charge in [-0.15, -0.1) is 0 Å². The van der Waals surface area contributed by atoms with E-state index in [1.807, 2.05) is 0 Å². The molecule has 0 radical (unpaired) electrons. The SMILES string of the molecule is NC1CCCC1NC(=O)c1cc(Br)ccc1F. The Morgan fingerprint density at radius 1 is 1.47 bits per heavy atom. The third-order valence-electron chi connectivity index (χ3n) is 3.06. The van der Waals surface area contributed by atoms with Crippen molar-refractivity contribution >= 4 is 21.8 Å². The number of carbonyl (C=O) groups excluding carboxylic acids is 1. The van der Waals surface area contributed by atoms with E-state index in [0.29, 0.717) is 4.47 Å². The van der Waals surface area contributed by atoms with Crippen LogP contribution in [0.1, 0.15) is 29.6 Å². The first kappa shape index (κ1) is 12.5. The summed E-state index contributed by atoms with van der Waals surface area (Å²) >= 11 is 3.22. The van der Waals surface area contributed by atoms with Crippen LogP contribution in [0.5, 0.6) is 0 Å². The van der Waals surface area contributed by atoms with Gasteiger partial charge in [0, 0.05) is 16.6 Å². The third-order valence-corrected chi connectivity index (χ3v) is 3.55. The summed E-state index contributed by atoms with van der Waals surface area (Å²) in [7, 11) is 0. The number of amides is 1. The van der Waals surface area contributed by atoms with Gasteiger partial charge in [0.1, 0.15) is 5.82 Å². The molecule has 1 saturated carbocycles. The van der Waals surface area contributed by atoms with Crippen molar-refractivity contribution in [2.75, 3.05) is 0 Å². The highest BCUT2D eigenvalue weighted by atomic mass is 79.9. The van der Waals surface area contributed by atoms with Crippen LogP contribution in [-0.2, 0) is 0 Å². The molecule has 1 fully saturated rings. The van der Waals surface area contributed by atoms with Crippen LogP contribution in [0.3, 0.4) is 0 Å². The molecule has 0 saturated heterocycles. The summed E-state index contributed by atoms with van der Waals surface area (Å²) in [5, 5.41) is 2.79. The predicted octanol–water partition coefficient (Wildman–Crippen LogP) is 2.20. The molecule has 1 aromatic carbocycles.